The third-order valence-electron chi connectivity index (χ3n) is 6.43. The van der Waals surface area contributed by atoms with Crippen molar-refractivity contribution in [3.63, 3.8) is 0 Å². The van der Waals surface area contributed by atoms with Crippen molar-refractivity contribution in [1.29, 1.82) is 0 Å². The molecule has 118 valence electrons. The van der Waals surface area contributed by atoms with Gasteiger partial charge in [-0.2, -0.15) is 0 Å². The standard InChI is InChI=1S/C19H25NO2/c21-18(20-22)17-3-1-13(2-4-17)5-6-19-10-14-7-15(11-19)9-16(8-14)12-19/h1-4,14-16,22H,5-12H2,(H,20,21). The lowest BCUT2D eigenvalue weighted by atomic mass is 9.48. The van der Waals surface area contributed by atoms with Gasteiger partial charge in [0, 0.05) is 5.56 Å². The van der Waals surface area contributed by atoms with E-state index in [2.05, 4.69) is 0 Å². The van der Waals surface area contributed by atoms with E-state index in [1.54, 1.807) is 17.6 Å². The molecule has 0 heterocycles. The van der Waals surface area contributed by atoms with Crippen LogP contribution < -0.4 is 5.48 Å². The Morgan fingerprint density at radius 3 is 2.09 bits per heavy atom. The van der Waals surface area contributed by atoms with Crippen LogP contribution >= 0.6 is 0 Å². The van der Waals surface area contributed by atoms with Crippen molar-refractivity contribution in [2.75, 3.05) is 0 Å². The number of carbonyl (C=O) groups is 1. The van der Waals surface area contributed by atoms with Gasteiger partial charge < -0.3 is 0 Å². The Kier molecular flexibility index (Phi) is 3.48. The van der Waals surface area contributed by atoms with Crippen molar-refractivity contribution >= 4 is 5.91 Å². The van der Waals surface area contributed by atoms with E-state index in [-0.39, 0.29) is 0 Å². The molecule has 0 atom stereocenters. The molecule has 2 N–H and O–H groups in total. The van der Waals surface area contributed by atoms with E-state index in [4.69, 9.17) is 5.21 Å². The highest BCUT2D eigenvalue weighted by molar-refractivity contribution is 5.93. The maximum absolute atomic E-state index is 11.4. The average molecular weight is 299 g/mol. The van der Waals surface area contributed by atoms with E-state index >= 15 is 0 Å². The topological polar surface area (TPSA) is 49.3 Å². The summed E-state index contributed by atoms with van der Waals surface area (Å²) >= 11 is 0. The minimum absolute atomic E-state index is 0.437. The predicted octanol–water partition coefficient (Wildman–Crippen LogP) is 3.95. The van der Waals surface area contributed by atoms with Crippen LogP contribution in [0.2, 0.25) is 0 Å². The first kappa shape index (κ1) is 14.3. The lowest BCUT2D eigenvalue weighted by Gasteiger charge is -2.57. The molecular formula is C19H25NO2. The quantitative estimate of drug-likeness (QED) is 0.653. The number of hydrogen-bond donors (Lipinski definition) is 2. The first-order chi connectivity index (χ1) is 10.7. The highest BCUT2D eigenvalue weighted by Gasteiger charge is 2.50. The van der Waals surface area contributed by atoms with Gasteiger partial charge in [-0.25, -0.2) is 5.48 Å². The van der Waals surface area contributed by atoms with Gasteiger partial charge >= 0.3 is 0 Å². The lowest BCUT2D eigenvalue weighted by molar-refractivity contribution is -0.0569. The number of hydrogen-bond acceptors (Lipinski definition) is 2. The Bertz CT molecular complexity index is 528. The number of aryl methyl sites for hydroxylation is 1. The molecule has 0 aliphatic heterocycles. The molecule has 4 fully saturated rings. The fraction of sp³-hybridized carbons (Fsp3) is 0.632. The predicted molar refractivity (Wildman–Crippen MR) is 84.6 cm³/mol. The molecule has 1 aromatic carbocycles. The Balaban J connectivity index is 1.41. The molecule has 3 nitrogen and oxygen atoms in total. The van der Waals surface area contributed by atoms with Crippen LogP contribution in [0.3, 0.4) is 0 Å². The van der Waals surface area contributed by atoms with E-state index in [1.807, 2.05) is 12.1 Å². The fourth-order valence-corrected chi connectivity index (χ4v) is 5.89. The third kappa shape index (κ3) is 2.56. The van der Waals surface area contributed by atoms with Crippen molar-refractivity contribution < 1.29 is 10.0 Å². The number of hydroxylamine groups is 1. The highest BCUT2D eigenvalue weighted by Crippen LogP contribution is 2.61. The van der Waals surface area contributed by atoms with Gasteiger partial charge in [-0.1, -0.05) is 12.1 Å². The summed E-state index contributed by atoms with van der Waals surface area (Å²) in [7, 11) is 0. The smallest absolute Gasteiger partial charge is 0.274 e. The normalized spacial score (nSPS) is 35.6. The van der Waals surface area contributed by atoms with Gasteiger partial charge in [-0.3, -0.25) is 10.0 Å². The monoisotopic (exact) mass is 299 g/mol. The van der Waals surface area contributed by atoms with Crippen LogP contribution in [0.5, 0.6) is 0 Å². The molecule has 0 saturated heterocycles. The summed E-state index contributed by atoms with van der Waals surface area (Å²) < 4.78 is 0. The van der Waals surface area contributed by atoms with Crippen LogP contribution in [0.1, 0.15) is 60.9 Å². The van der Waals surface area contributed by atoms with E-state index < -0.39 is 5.91 Å². The van der Waals surface area contributed by atoms with Gasteiger partial charge in [-0.05, 0) is 92.2 Å². The van der Waals surface area contributed by atoms with E-state index in [1.165, 1.54) is 50.5 Å². The van der Waals surface area contributed by atoms with Crippen molar-refractivity contribution in [2.24, 2.45) is 23.2 Å². The molecule has 22 heavy (non-hydrogen) atoms. The van der Waals surface area contributed by atoms with Crippen molar-refractivity contribution in [3.05, 3.63) is 35.4 Å². The number of rotatable bonds is 4. The second kappa shape index (κ2) is 5.38. The van der Waals surface area contributed by atoms with Crippen LogP contribution in [0.4, 0.5) is 0 Å². The van der Waals surface area contributed by atoms with Gasteiger partial charge in [0.05, 0.1) is 0 Å². The first-order valence-corrected chi connectivity index (χ1v) is 8.69. The number of nitrogens with one attached hydrogen (secondary N) is 1. The zero-order chi connectivity index (χ0) is 15.2. The van der Waals surface area contributed by atoms with Crippen LogP contribution in [-0.4, -0.2) is 11.1 Å². The Morgan fingerprint density at radius 2 is 1.59 bits per heavy atom. The average Bonchev–Trinajstić information content (AvgIpc) is 2.51. The van der Waals surface area contributed by atoms with E-state index in [0.29, 0.717) is 11.0 Å². The maximum atomic E-state index is 11.4. The fourth-order valence-electron chi connectivity index (χ4n) is 5.89. The molecule has 1 amide bonds. The molecule has 5 rings (SSSR count). The van der Waals surface area contributed by atoms with Gasteiger partial charge in [0.15, 0.2) is 0 Å². The van der Waals surface area contributed by atoms with Gasteiger partial charge in [0.2, 0.25) is 0 Å². The Labute approximate surface area is 132 Å². The first-order valence-electron chi connectivity index (χ1n) is 8.69. The summed E-state index contributed by atoms with van der Waals surface area (Å²) in [5.41, 5.74) is 4.13. The molecule has 4 aliphatic carbocycles. The molecule has 0 spiro atoms. The van der Waals surface area contributed by atoms with Gasteiger partial charge in [0.1, 0.15) is 0 Å². The lowest BCUT2D eigenvalue weighted by Crippen LogP contribution is -2.46. The maximum Gasteiger partial charge on any atom is 0.274 e. The van der Waals surface area contributed by atoms with Crippen LogP contribution in [0, 0.1) is 23.2 Å². The summed E-state index contributed by atoms with van der Waals surface area (Å²) in [6.07, 6.45) is 11.3. The van der Waals surface area contributed by atoms with Gasteiger partial charge in [0.25, 0.3) is 5.91 Å². The summed E-state index contributed by atoms with van der Waals surface area (Å²) in [6.45, 7) is 0. The summed E-state index contributed by atoms with van der Waals surface area (Å²) in [5.74, 6) is 2.61. The second-order valence-electron chi connectivity index (χ2n) is 8.06. The molecule has 3 heteroatoms. The van der Waals surface area contributed by atoms with Crippen LogP contribution in [0.15, 0.2) is 24.3 Å². The SMILES string of the molecule is O=C(NO)c1ccc(CCC23CC4CC(CC(C4)C2)C3)cc1. The summed E-state index contributed by atoms with van der Waals surface area (Å²) in [5, 5.41) is 8.66. The molecule has 4 aliphatic rings. The number of amides is 1. The molecular weight excluding hydrogens is 274 g/mol. The van der Waals surface area contributed by atoms with Crippen LogP contribution in [-0.2, 0) is 6.42 Å². The highest BCUT2D eigenvalue weighted by atomic mass is 16.5. The van der Waals surface area contributed by atoms with E-state index in [9.17, 15) is 4.79 Å². The summed E-state index contributed by atoms with van der Waals surface area (Å²) in [6, 6.07) is 7.68. The molecule has 0 radical (unpaired) electrons. The third-order valence-corrected chi connectivity index (χ3v) is 6.43. The van der Waals surface area contributed by atoms with Crippen molar-refractivity contribution in [1.82, 2.24) is 5.48 Å². The van der Waals surface area contributed by atoms with Crippen molar-refractivity contribution in [3.8, 4) is 0 Å². The van der Waals surface area contributed by atoms with E-state index in [0.717, 1.165) is 24.2 Å². The van der Waals surface area contributed by atoms with Crippen LogP contribution in [0.25, 0.3) is 0 Å². The summed E-state index contributed by atoms with van der Waals surface area (Å²) in [4.78, 5) is 11.4. The largest absolute Gasteiger partial charge is 0.288 e. The van der Waals surface area contributed by atoms with Gasteiger partial charge in [-0.15, -0.1) is 0 Å². The molecule has 4 bridgehead atoms. The molecule has 0 unspecified atom stereocenters. The molecule has 1 aromatic rings. The second-order valence-corrected chi connectivity index (χ2v) is 8.06. The molecule has 4 saturated carbocycles. The molecule has 0 aromatic heterocycles. The number of carbonyl (C=O) groups excluding carboxylic acids is 1. The van der Waals surface area contributed by atoms with Crippen molar-refractivity contribution in [2.45, 2.75) is 51.4 Å². The minimum Gasteiger partial charge on any atom is -0.288 e. The zero-order valence-corrected chi connectivity index (χ0v) is 13.1. The zero-order valence-electron chi connectivity index (χ0n) is 13.1. The minimum atomic E-state index is -0.437. The Hall–Kier alpha value is -1.35. The number of benzene rings is 1. The Morgan fingerprint density at radius 1 is 1.05 bits per heavy atom.